The Morgan fingerprint density at radius 1 is 1.38 bits per heavy atom. The minimum atomic E-state index is 0.252. The molecule has 1 heterocycles. The number of thioether (sulfide) groups is 1. The zero-order valence-corrected chi connectivity index (χ0v) is 10.8. The third-order valence-corrected chi connectivity index (χ3v) is 3.31. The zero-order valence-electron chi connectivity index (χ0n) is 8.39. The van der Waals surface area contributed by atoms with Crippen LogP contribution < -0.4 is 0 Å². The number of halogens is 1. The van der Waals surface area contributed by atoms with Crippen molar-refractivity contribution >= 4 is 27.7 Å². The quantitative estimate of drug-likeness (QED) is 0.558. The lowest BCUT2D eigenvalue weighted by Crippen LogP contribution is -2.06. The molecular weight excluding hydrogens is 246 g/mol. The molecule has 0 atom stereocenters. The summed E-state index contributed by atoms with van der Waals surface area (Å²) in [6, 6.07) is 2.16. The van der Waals surface area contributed by atoms with Crippen LogP contribution in [-0.4, -0.2) is 9.73 Å². The fourth-order valence-electron chi connectivity index (χ4n) is 0.942. The van der Waals surface area contributed by atoms with Crippen LogP contribution in [0.15, 0.2) is 21.8 Å². The van der Waals surface area contributed by atoms with E-state index < -0.39 is 0 Å². The number of aromatic nitrogens is 1. The predicted molar refractivity (Wildman–Crippen MR) is 62.3 cm³/mol. The van der Waals surface area contributed by atoms with Crippen molar-refractivity contribution in [1.29, 1.82) is 0 Å². The summed E-state index contributed by atoms with van der Waals surface area (Å²) in [6.07, 6.45) is 1.91. The highest BCUT2D eigenvalue weighted by Gasteiger charge is 2.12. The van der Waals surface area contributed by atoms with E-state index in [0.29, 0.717) is 0 Å². The Bertz CT molecular complexity index is 304. The van der Waals surface area contributed by atoms with Gasteiger partial charge in [-0.3, -0.25) is 0 Å². The number of hydrogen-bond donors (Lipinski definition) is 0. The zero-order chi connectivity index (χ0) is 10.1. The molecule has 1 nitrogen and oxygen atoms in total. The van der Waals surface area contributed by atoms with Gasteiger partial charge in [0.05, 0.1) is 0 Å². The van der Waals surface area contributed by atoms with E-state index in [1.807, 2.05) is 18.0 Å². The summed E-state index contributed by atoms with van der Waals surface area (Å²) in [4.78, 5) is 5.49. The molecule has 0 aliphatic carbocycles. The van der Waals surface area contributed by atoms with Gasteiger partial charge in [-0.1, -0.05) is 20.8 Å². The Morgan fingerprint density at radius 3 is 2.46 bits per heavy atom. The molecule has 1 aromatic rings. The first-order valence-corrected chi connectivity index (χ1v) is 5.80. The van der Waals surface area contributed by atoms with Gasteiger partial charge >= 0.3 is 0 Å². The molecule has 0 amide bonds. The van der Waals surface area contributed by atoms with E-state index in [1.165, 1.54) is 10.5 Å². The molecule has 0 saturated carbocycles. The summed E-state index contributed by atoms with van der Waals surface area (Å²) in [6.45, 7) is 8.67. The molecule has 0 aliphatic heterocycles. The summed E-state index contributed by atoms with van der Waals surface area (Å²) >= 11 is 5.23. The van der Waals surface area contributed by atoms with Gasteiger partial charge in [-0.15, -0.1) is 11.8 Å². The van der Waals surface area contributed by atoms with E-state index in [2.05, 4.69) is 54.7 Å². The SMILES string of the molecule is Cc1cc(SC(C)(C)C)cnc1Br. The molecule has 0 bridgehead atoms. The first-order valence-electron chi connectivity index (χ1n) is 4.20. The van der Waals surface area contributed by atoms with Gasteiger partial charge in [0.25, 0.3) is 0 Å². The van der Waals surface area contributed by atoms with Crippen molar-refractivity contribution < 1.29 is 0 Å². The second kappa shape index (κ2) is 4.01. The Labute approximate surface area is 92.5 Å². The highest BCUT2D eigenvalue weighted by Crippen LogP contribution is 2.32. The van der Waals surface area contributed by atoms with Crippen molar-refractivity contribution in [2.45, 2.75) is 37.3 Å². The topological polar surface area (TPSA) is 12.9 Å². The number of pyridine rings is 1. The molecule has 0 aliphatic rings. The summed E-state index contributed by atoms with van der Waals surface area (Å²) < 4.78 is 1.19. The van der Waals surface area contributed by atoms with Gasteiger partial charge in [0, 0.05) is 15.8 Å². The molecule has 0 spiro atoms. The van der Waals surface area contributed by atoms with E-state index in [-0.39, 0.29) is 4.75 Å². The second-order valence-corrected chi connectivity index (χ2v) is 6.64. The molecule has 3 heteroatoms. The minimum absolute atomic E-state index is 0.252. The third kappa shape index (κ3) is 3.69. The van der Waals surface area contributed by atoms with Gasteiger partial charge in [-0.05, 0) is 34.5 Å². The van der Waals surface area contributed by atoms with Crippen LogP contribution in [0, 0.1) is 6.92 Å². The monoisotopic (exact) mass is 259 g/mol. The fraction of sp³-hybridized carbons (Fsp3) is 0.500. The van der Waals surface area contributed by atoms with Gasteiger partial charge in [-0.2, -0.15) is 0 Å². The van der Waals surface area contributed by atoms with E-state index >= 15 is 0 Å². The maximum Gasteiger partial charge on any atom is 0.109 e. The Balaban J connectivity index is 2.86. The lowest BCUT2D eigenvalue weighted by atomic mass is 10.3. The number of nitrogens with zero attached hydrogens (tertiary/aromatic N) is 1. The first kappa shape index (κ1) is 11.1. The van der Waals surface area contributed by atoms with Gasteiger partial charge in [0.15, 0.2) is 0 Å². The standard InChI is InChI=1S/C10H14BrNS/c1-7-5-8(6-12-9(7)11)13-10(2,3)4/h5-6H,1-4H3. The molecule has 1 aromatic heterocycles. The summed E-state index contributed by atoms with van der Waals surface area (Å²) in [5.74, 6) is 0. The minimum Gasteiger partial charge on any atom is -0.248 e. The molecule has 0 aromatic carbocycles. The molecule has 0 unspecified atom stereocenters. The fourth-order valence-corrected chi connectivity index (χ4v) is 2.21. The normalized spacial score (nSPS) is 11.8. The summed E-state index contributed by atoms with van der Waals surface area (Å²) in [5.41, 5.74) is 1.19. The van der Waals surface area contributed by atoms with E-state index in [4.69, 9.17) is 0 Å². The van der Waals surface area contributed by atoms with Crippen LogP contribution in [0.25, 0.3) is 0 Å². The third-order valence-electron chi connectivity index (χ3n) is 1.41. The number of aryl methyl sites for hydroxylation is 1. The Morgan fingerprint density at radius 2 is 2.00 bits per heavy atom. The van der Waals surface area contributed by atoms with Crippen molar-refractivity contribution in [3.63, 3.8) is 0 Å². The Hall–Kier alpha value is -0.0200. The van der Waals surface area contributed by atoms with Crippen molar-refractivity contribution in [3.05, 3.63) is 22.4 Å². The first-order chi connectivity index (χ1) is 5.88. The van der Waals surface area contributed by atoms with Crippen molar-refractivity contribution in [3.8, 4) is 0 Å². The molecule has 0 radical (unpaired) electrons. The van der Waals surface area contributed by atoms with Crippen molar-refractivity contribution in [2.75, 3.05) is 0 Å². The number of rotatable bonds is 1. The van der Waals surface area contributed by atoms with Gasteiger partial charge in [0.1, 0.15) is 4.60 Å². The highest BCUT2D eigenvalue weighted by atomic mass is 79.9. The molecule has 72 valence electrons. The van der Waals surface area contributed by atoms with Crippen molar-refractivity contribution in [1.82, 2.24) is 4.98 Å². The van der Waals surface area contributed by atoms with E-state index in [0.717, 1.165) is 4.60 Å². The molecular formula is C10H14BrNS. The van der Waals surface area contributed by atoms with Crippen LogP contribution in [0.5, 0.6) is 0 Å². The predicted octanol–water partition coefficient (Wildman–Crippen LogP) is 4.04. The maximum atomic E-state index is 4.26. The molecule has 13 heavy (non-hydrogen) atoms. The lowest BCUT2D eigenvalue weighted by Gasteiger charge is -2.17. The van der Waals surface area contributed by atoms with Crippen LogP contribution in [0.4, 0.5) is 0 Å². The highest BCUT2D eigenvalue weighted by molar-refractivity contribution is 9.10. The van der Waals surface area contributed by atoms with Crippen LogP contribution >= 0.6 is 27.7 Å². The molecule has 0 fully saturated rings. The lowest BCUT2D eigenvalue weighted by molar-refractivity contribution is 0.802. The van der Waals surface area contributed by atoms with Crippen LogP contribution in [-0.2, 0) is 0 Å². The summed E-state index contributed by atoms with van der Waals surface area (Å²) in [7, 11) is 0. The molecule has 1 rings (SSSR count). The van der Waals surface area contributed by atoms with Crippen molar-refractivity contribution in [2.24, 2.45) is 0 Å². The van der Waals surface area contributed by atoms with Crippen LogP contribution in [0.1, 0.15) is 26.3 Å². The molecule has 0 saturated heterocycles. The average Bonchev–Trinajstić information content (AvgIpc) is 1.94. The maximum absolute atomic E-state index is 4.26. The van der Waals surface area contributed by atoms with Crippen LogP contribution in [0.3, 0.4) is 0 Å². The molecule has 0 N–H and O–H groups in total. The average molecular weight is 260 g/mol. The van der Waals surface area contributed by atoms with Crippen LogP contribution in [0.2, 0.25) is 0 Å². The Kier molecular flexibility index (Phi) is 3.41. The summed E-state index contributed by atoms with van der Waals surface area (Å²) in [5, 5.41) is 0. The number of hydrogen-bond acceptors (Lipinski definition) is 2. The van der Waals surface area contributed by atoms with Gasteiger partial charge in [0.2, 0.25) is 0 Å². The van der Waals surface area contributed by atoms with Gasteiger partial charge in [-0.25, -0.2) is 4.98 Å². The van der Waals surface area contributed by atoms with E-state index in [9.17, 15) is 0 Å². The van der Waals surface area contributed by atoms with Gasteiger partial charge < -0.3 is 0 Å². The second-order valence-electron chi connectivity index (χ2n) is 3.99. The largest absolute Gasteiger partial charge is 0.248 e. The smallest absolute Gasteiger partial charge is 0.109 e. The van der Waals surface area contributed by atoms with E-state index in [1.54, 1.807) is 0 Å².